The van der Waals surface area contributed by atoms with Crippen molar-refractivity contribution in [3.8, 4) is 0 Å². The molecule has 3 amide bonds. The number of piperazine rings is 1. The predicted molar refractivity (Wildman–Crippen MR) is 187 cm³/mol. The molecule has 2 aliphatic rings. The number of urea groups is 1. The standard InChI is InChI=1S/C36H41BrClN7O2/c1-25(2)41-36(47)45-18-17-43(34-31-12-11-30(38)20-27(31)9-10-28-19-29(37)21-40-33(28)34)23-32(45)35(46)44(22-26-7-4-3-5-8-26)15-6-14-42-16-13-39-24-42/h3-5,7-8,11-13,16,19-21,24-25,32,34H,6,9-10,14-15,17-18,22-23H2,1-2H3,(H,41,47)/t32-,34+/m1/s1. The summed E-state index contributed by atoms with van der Waals surface area (Å²) < 4.78 is 2.96. The number of imidazole rings is 1. The second kappa shape index (κ2) is 15.0. The third kappa shape index (κ3) is 7.88. The largest absolute Gasteiger partial charge is 0.337 e. The molecule has 1 fully saturated rings. The maximum Gasteiger partial charge on any atom is 0.318 e. The first-order valence-corrected chi connectivity index (χ1v) is 17.5. The summed E-state index contributed by atoms with van der Waals surface area (Å²) in [4.78, 5) is 43.6. The van der Waals surface area contributed by atoms with Gasteiger partial charge < -0.3 is 19.7 Å². The first-order valence-electron chi connectivity index (χ1n) is 16.3. The third-order valence-corrected chi connectivity index (χ3v) is 9.63. The molecular weight excluding hydrogens is 678 g/mol. The van der Waals surface area contributed by atoms with Gasteiger partial charge in [-0.25, -0.2) is 9.78 Å². The van der Waals surface area contributed by atoms with Crippen LogP contribution in [0.15, 0.2) is 84.0 Å². The molecule has 11 heteroatoms. The molecule has 246 valence electrons. The van der Waals surface area contributed by atoms with Crippen LogP contribution < -0.4 is 5.32 Å². The molecule has 2 aromatic heterocycles. The average Bonchev–Trinajstić information content (AvgIpc) is 3.53. The zero-order valence-electron chi connectivity index (χ0n) is 26.9. The number of amides is 3. The van der Waals surface area contributed by atoms with E-state index in [1.807, 2.05) is 72.1 Å². The number of halogens is 2. The van der Waals surface area contributed by atoms with Gasteiger partial charge in [0, 0.05) is 73.4 Å². The Hall–Kier alpha value is -3.73. The highest BCUT2D eigenvalue weighted by atomic mass is 79.9. The van der Waals surface area contributed by atoms with Gasteiger partial charge in [-0.2, -0.15) is 0 Å². The minimum Gasteiger partial charge on any atom is -0.337 e. The normalized spacial score (nSPS) is 17.9. The van der Waals surface area contributed by atoms with Gasteiger partial charge in [0.25, 0.3) is 0 Å². The van der Waals surface area contributed by atoms with Crippen molar-refractivity contribution in [2.45, 2.75) is 64.3 Å². The number of nitrogens with zero attached hydrogens (tertiary/aromatic N) is 6. The number of carbonyl (C=O) groups is 2. The SMILES string of the molecule is CC(C)NC(=O)N1CCN([C@H]2c3ccc(Cl)cc3CCc3cc(Br)cnc32)C[C@@H]1C(=O)N(CCCn1ccnc1)Cc1ccccc1. The Morgan fingerprint density at radius 2 is 1.89 bits per heavy atom. The fourth-order valence-corrected chi connectivity index (χ4v) is 7.32. The first kappa shape index (κ1) is 33.2. The number of nitrogens with one attached hydrogen (secondary N) is 1. The highest BCUT2D eigenvalue weighted by Gasteiger charge is 2.42. The van der Waals surface area contributed by atoms with Crippen LogP contribution in [0.3, 0.4) is 0 Å². The van der Waals surface area contributed by atoms with E-state index >= 15 is 0 Å². The van der Waals surface area contributed by atoms with E-state index in [2.05, 4.69) is 49.3 Å². The average molecular weight is 719 g/mol. The number of carbonyl (C=O) groups excluding carboxylic acids is 2. The van der Waals surface area contributed by atoms with Crippen molar-refractivity contribution in [3.05, 3.63) is 117 Å². The summed E-state index contributed by atoms with van der Waals surface area (Å²) in [7, 11) is 0. The van der Waals surface area contributed by atoms with Crippen LogP contribution in [-0.2, 0) is 30.7 Å². The van der Waals surface area contributed by atoms with Gasteiger partial charge in [0.2, 0.25) is 5.91 Å². The number of aryl methyl sites for hydroxylation is 3. The second-order valence-corrected chi connectivity index (χ2v) is 14.0. The second-order valence-electron chi connectivity index (χ2n) is 12.7. The Morgan fingerprint density at radius 1 is 1.09 bits per heavy atom. The molecular formula is C36H41BrClN7O2. The van der Waals surface area contributed by atoms with Crippen LogP contribution in [0, 0.1) is 0 Å². The van der Waals surface area contributed by atoms with Crippen molar-refractivity contribution in [1.29, 1.82) is 0 Å². The van der Waals surface area contributed by atoms with E-state index in [0.717, 1.165) is 47.1 Å². The van der Waals surface area contributed by atoms with E-state index in [-0.39, 0.29) is 24.0 Å². The summed E-state index contributed by atoms with van der Waals surface area (Å²) in [5, 5.41) is 3.76. The van der Waals surface area contributed by atoms with Gasteiger partial charge in [-0.3, -0.25) is 14.7 Å². The van der Waals surface area contributed by atoms with Gasteiger partial charge in [0.05, 0.1) is 18.1 Å². The maximum absolute atomic E-state index is 14.8. The Balaban J connectivity index is 1.35. The number of benzene rings is 2. The Labute approximate surface area is 290 Å². The van der Waals surface area contributed by atoms with Crippen molar-refractivity contribution >= 4 is 39.5 Å². The molecule has 0 spiro atoms. The van der Waals surface area contributed by atoms with Gasteiger partial charge >= 0.3 is 6.03 Å². The van der Waals surface area contributed by atoms with E-state index in [9.17, 15) is 9.59 Å². The van der Waals surface area contributed by atoms with Crippen molar-refractivity contribution in [2.24, 2.45) is 0 Å². The topological polar surface area (TPSA) is 86.6 Å². The van der Waals surface area contributed by atoms with Crippen molar-refractivity contribution in [3.63, 3.8) is 0 Å². The van der Waals surface area contributed by atoms with Crippen LogP contribution >= 0.6 is 27.5 Å². The molecule has 3 heterocycles. The molecule has 1 saturated heterocycles. The van der Waals surface area contributed by atoms with Gasteiger partial charge in [-0.05, 0) is 89.5 Å². The van der Waals surface area contributed by atoms with Gasteiger partial charge in [-0.15, -0.1) is 0 Å². The fourth-order valence-electron chi connectivity index (χ4n) is 6.75. The zero-order valence-corrected chi connectivity index (χ0v) is 29.2. The van der Waals surface area contributed by atoms with E-state index in [1.165, 1.54) is 11.1 Å². The molecule has 0 radical (unpaired) electrons. The molecule has 4 aromatic rings. The molecule has 2 aromatic carbocycles. The summed E-state index contributed by atoms with van der Waals surface area (Å²) in [5.74, 6) is -0.0583. The lowest BCUT2D eigenvalue weighted by atomic mass is 9.95. The summed E-state index contributed by atoms with van der Waals surface area (Å²) in [6.45, 7) is 7.02. The molecule has 0 bridgehead atoms. The van der Waals surface area contributed by atoms with Crippen molar-refractivity contribution in [1.82, 2.24) is 34.6 Å². The van der Waals surface area contributed by atoms with Gasteiger partial charge in [-0.1, -0.05) is 48.0 Å². The third-order valence-electron chi connectivity index (χ3n) is 8.96. The molecule has 0 saturated carbocycles. The smallest absolute Gasteiger partial charge is 0.318 e. The highest BCUT2D eigenvalue weighted by Crippen LogP contribution is 2.38. The molecule has 9 nitrogen and oxygen atoms in total. The predicted octanol–water partition coefficient (Wildman–Crippen LogP) is 6.11. The van der Waals surface area contributed by atoms with E-state index in [4.69, 9.17) is 16.6 Å². The quantitative estimate of drug-likeness (QED) is 0.226. The van der Waals surface area contributed by atoms with Crippen LogP contribution in [-0.4, -0.2) is 79.4 Å². The Kier molecular flexibility index (Phi) is 10.6. The molecule has 1 N–H and O–H groups in total. The molecule has 2 atom stereocenters. The van der Waals surface area contributed by atoms with Crippen LogP contribution in [0.25, 0.3) is 0 Å². The lowest BCUT2D eigenvalue weighted by Gasteiger charge is -2.45. The Morgan fingerprint density at radius 3 is 2.66 bits per heavy atom. The van der Waals surface area contributed by atoms with Crippen molar-refractivity contribution < 1.29 is 9.59 Å². The highest BCUT2D eigenvalue weighted by molar-refractivity contribution is 9.10. The molecule has 6 rings (SSSR count). The molecule has 47 heavy (non-hydrogen) atoms. The number of fused-ring (bicyclic) bond motifs is 2. The lowest BCUT2D eigenvalue weighted by molar-refractivity contribution is -0.139. The summed E-state index contributed by atoms with van der Waals surface area (Å²) in [6.07, 6.45) is 9.78. The lowest BCUT2D eigenvalue weighted by Crippen LogP contribution is -2.63. The number of pyridine rings is 1. The van der Waals surface area contributed by atoms with Gasteiger partial charge in [0.1, 0.15) is 6.04 Å². The fraction of sp³-hybridized carbons (Fsp3) is 0.389. The van der Waals surface area contributed by atoms with E-state index < -0.39 is 6.04 Å². The van der Waals surface area contributed by atoms with Crippen molar-refractivity contribution in [2.75, 3.05) is 26.2 Å². The monoisotopic (exact) mass is 717 g/mol. The van der Waals surface area contributed by atoms with Crippen LogP contribution in [0.1, 0.15) is 54.3 Å². The maximum atomic E-state index is 14.8. The zero-order chi connectivity index (χ0) is 32.9. The number of hydrogen-bond donors (Lipinski definition) is 1. The van der Waals surface area contributed by atoms with E-state index in [1.54, 1.807) is 17.4 Å². The molecule has 1 aliphatic carbocycles. The number of rotatable bonds is 9. The van der Waals surface area contributed by atoms with Crippen LogP contribution in [0.2, 0.25) is 5.02 Å². The molecule has 1 aliphatic heterocycles. The van der Waals surface area contributed by atoms with Crippen LogP contribution in [0.4, 0.5) is 4.79 Å². The van der Waals surface area contributed by atoms with Crippen LogP contribution in [0.5, 0.6) is 0 Å². The Bertz CT molecular complexity index is 1630. The minimum atomic E-state index is -0.683. The summed E-state index contributed by atoms with van der Waals surface area (Å²) >= 11 is 10.1. The summed E-state index contributed by atoms with van der Waals surface area (Å²) in [6, 6.07) is 17.2. The van der Waals surface area contributed by atoms with E-state index in [0.29, 0.717) is 37.7 Å². The molecule has 0 unspecified atom stereocenters. The van der Waals surface area contributed by atoms with Gasteiger partial charge in [0.15, 0.2) is 0 Å². The minimum absolute atomic E-state index is 0.0557. The number of aromatic nitrogens is 3. The first-order chi connectivity index (χ1) is 22.8. The summed E-state index contributed by atoms with van der Waals surface area (Å²) in [5.41, 5.74) is 5.54. The number of hydrogen-bond acceptors (Lipinski definition) is 5.